The van der Waals surface area contributed by atoms with Gasteiger partial charge in [-0.2, -0.15) is 0 Å². The standard InChI is InChI=1S/C8H20O3Si/c1-5-11-7-8-12(6-2,9-3)10-4/h5-8H2,1-4H3. The van der Waals surface area contributed by atoms with Crippen LogP contribution in [0.4, 0.5) is 0 Å². The Balaban J connectivity index is 3.76. The highest BCUT2D eigenvalue weighted by atomic mass is 28.4. The van der Waals surface area contributed by atoms with Gasteiger partial charge < -0.3 is 13.6 Å². The first-order chi connectivity index (χ1) is 5.74. The number of hydrogen-bond donors (Lipinski definition) is 0. The highest BCUT2D eigenvalue weighted by Crippen LogP contribution is 2.16. The Bertz CT molecular complexity index is 96.2. The van der Waals surface area contributed by atoms with Gasteiger partial charge in [-0.15, -0.1) is 0 Å². The molecule has 0 radical (unpaired) electrons. The predicted molar refractivity (Wildman–Crippen MR) is 51.6 cm³/mol. The van der Waals surface area contributed by atoms with Gasteiger partial charge in [0.2, 0.25) is 0 Å². The van der Waals surface area contributed by atoms with Gasteiger partial charge in [-0.05, 0) is 13.0 Å². The van der Waals surface area contributed by atoms with Gasteiger partial charge in [0.05, 0.1) is 0 Å². The third-order valence-corrected chi connectivity index (χ3v) is 5.65. The molecule has 0 saturated heterocycles. The summed E-state index contributed by atoms with van der Waals surface area (Å²) in [5, 5.41) is 0. The van der Waals surface area contributed by atoms with E-state index >= 15 is 0 Å². The summed E-state index contributed by atoms with van der Waals surface area (Å²) in [6.07, 6.45) is 0. The van der Waals surface area contributed by atoms with E-state index in [4.69, 9.17) is 13.6 Å². The molecule has 0 rings (SSSR count). The molecule has 12 heavy (non-hydrogen) atoms. The Morgan fingerprint density at radius 2 is 1.67 bits per heavy atom. The van der Waals surface area contributed by atoms with Gasteiger partial charge in [-0.3, -0.25) is 0 Å². The third kappa shape index (κ3) is 3.67. The number of ether oxygens (including phenoxy) is 1. The summed E-state index contributed by atoms with van der Waals surface area (Å²) in [5.41, 5.74) is 0. The Morgan fingerprint density at radius 1 is 1.08 bits per heavy atom. The average Bonchev–Trinajstić information content (AvgIpc) is 2.14. The normalized spacial score (nSPS) is 12.0. The second-order valence-corrected chi connectivity index (χ2v) is 6.46. The van der Waals surface area contributed by atoms with Crippen LogP contribution in [0.2, 0.25) is 12.1 Å². The molecule has 0 spiro atoms. The Morgan fingerprint density at radius 3 is 2.00 bits per heavy atom. The molecule has 0 saturated carbocycles. The van der Waals surface area contributed by atoms with E-state index in [-0.39, 0.29) is 0 Å². The molecule has 0 aliphatic rings. The second kappa shape index (κ2) is 6.60. The molecule has 74 valence electrons. The maximum absolute atomic E-state index is 5.42. The monoisotopic (exact) mass is 192 g/mol. The molecule has 0 heterocycles. The van der Waals surface area contributed by atoms with Crippen LogP contribution in [0.25, 0.3) is 0 Å². The molecule has 0 aliphatic heterocycles. The molecule has 0 aromatic heterocycles. The van der Waals surface area contributed by atoms with Crippen molar-refractivity contribution in [2.75, 3.05) is 27.4 Å². The van der Waals surface area contributed by atoms with Crippen molar-refractivity contribution in [3.05, 3.63) is 0 Å². The molecule has 0 N–H and O–H groups in total. The third-order valence-electron chi connectivity index (χ3n) is 2.11. The fourth-order valence-electron chi connectivity index (χ4n) is 1.12. The lowest BCUT2D eigenvalue weighted by Crippen LogP contribution is -2.40. The van der Waals surface area contributed by atoms with Crippen LogP contribution in [-0.2, 0) is 13.6 Å². The van der Waals surface area contributed by atoms with Crippen molar-refractivity contribution < 1.29 is 13.6 Å². The topological polar surface area (TPSA) is 27.7 Å². The van der Waals surface area contributed by atoms with Crippen LogP contribution in [0.1, 0.15) is 13.8 Å². The first kappa shape index (κ1) is 12.1. The van der Waals surface area contributed by atoms with Crippen LogP contribution in [0.3, 0.4) is 0 Å². The molecular weight excluding hydrogens is 172 g/mol. The second-order valence-electron chi connectivity index (χ2n) is 2.62. The first-order valence-corrected chi connectivity index (χ1v) is 6.65. The highest BCUT2D eigenvalue weighted by Gasteiger charge is 2.32. The van der Waals surface area contributed by atoms with Gasteiger partial charge in [-0.25, -0.2) is 0 Å². The number of rotatable bonds is 7. The van der Waals surface area contributed by atoms with E-state index in [1.54, 1.807) is 14.2 Å². The lowest BCUT2D eigenvalue weighted by Gasteiger charge is -2.25. The van der Waals surface area contributed by atoms with Gasteiger partial charge in [0.15, 0.2) is 0 Å². The lowest BCUT2D eigenvalue weighted by atomic mass is 10.8. The van der Waals surface area contributed by atoms with Gasteiger partial charge in [-0.1, -0.05) is 6.92 Å². The summed E-state index contributed by atoms with van der Waals surface area (Å²) in [7, 11) is 1.58. The SMILES string of the molecule is CCOCC[Si](CC)(OC)OC. The zero-order valence-electron chi connectivity index (χ0n) is 8.55. The molecule has 0 aromatic rings. The largest absolute Gasteiger partial charge is 0.398 e. The van der Waals surface area contributed by atoms with E-state index in [1.165, 1.54) is 0 Å². The van der Waals surface area contributed by atoms with Crippen molar-refractivity contribution >= 4 is 8.56 Å². The van der Waals surface area contributed by atoms with Crippen molar-refractivity contribution in [1.82, 2.24) is 0 Å². The minimum absolute atomic E-state index is 0.748. The van der Waals surface area contributed by atoms with Gasteiger partial charge in [0.25, 0.3) is 0 Å². The maximum atomic E-state index is 5.42. The fourth-order valence-corrected chi connectivity index (χ4v) is 3.09. The molecule has 0 bridgehead atoms. The van der Waals surface area contributed by atoms with Gasteiger partial charge in [0.1, 0.15) is 0 Å². The van der Waals surface area contributed by atoms with E-state index in [9.17, 15) is 0 Å². The summed E-state index contributed by atoms with van der Waals surface area (Å²) in [6.45, 7) is 5.61. The van der Waals surface area contributed by atoms with Crippen LogP contribution in [0.5, 0.6) is 0 Å². The van der Waals surface area contributed by atoms with E-state index in [0.717, 1.165) is 25.3 Å². The van der Waals surface area contributed by atoms with Crippen molar-refractivity contribution in [1.29, 1.82) is 0 Å². The van der Waals surface area contributed by atoms with Crippen LogP contribution < -0.4 is 0 Å². The van der Waals surface area contributed by atoms with E-state index < -0.39 is 8.56 Å². The van der Waals surface area contributed by atoms with E-state index in [0.29, 0.717) is 0 Å². The molecule has 3 nitrogen and oxygen atoms in total. The van der Waals surface area contributed by atoms with Crippen LogP contribution in [0.15, 0.2) is 0 Å². The molecular formula is C8H20O3Si. The van der Waals surface area contributed by atoms with E-state index in [1.807, 2.05) is 6.92 Å². The minimum Gasteiger partial charge on any atom is -0.398 e. The van der Waals surface area contributed by atoms with Crippen molar-refractivity contribution in [3.8, 4) is 0 Å². The zero-order valence-corrected chi connectivity index (χ0v) is 9.55. The van der Waals surface area contributed by atoms with Crippen LogP contribution in [0, 0.1) is 0 Å². The van der Waals surface area contributed by atoms with Crippen LogP contribution in [-0.4, -0.2) is 36.0 Å². The van der Waals surface area contributed by atoms with Crippen molar-refractivity contribution in [2.45, 2.75) is 25.9 Å². The van der Waals surface area contributed by atoms with Crippen molar-refractivity contribution in [3.63, 3.8) is 0 Å². The minimum atomic E-state index is -1.88. The maximum Gasteiger partial charge on any atom is 0.339 e. The smallest absolute Gasteiger partial charge is 0.339 e. The molecule has 0 aliphatic carbocycles. The van der Waals surface area contributed by atoms with E-state index in [2.05, 4.69) is 6.92 Å². The molecule has 0 amide bonds. The van der Waals surface area contributed by atoms with Crippen LogP contribution >= 0.6 is 0 Å². The quantitative estimate of drug-likeness (QED) is 0.454. The highest BCUT2D eigenvalue weighted by molar-refractivity contribution is 6.67. The van der Waals surface area contributed by atoms with Gasteiger partial charge in [0, 0.05) is 33.5 Å². The lowest BCUT2D eigenvalue weighted by molar-refractivity contribution is 0.147. The predicted octanol–water partition coefficient (Wildman–Crippen LogP) is 1.78. The average molecular weight is 192 g/mol. The summed E-state index contributed by atoms with van der Waals surface area (Å²) >= 11 is 0. The molecule has 0 unspecified atom stereocenters. The molecule has 0 aromatic carbocycles. The number of hydrogen-bond acceptors (Lipinski definition) is 3. The fraction of sp³-hybridized carbons (Fsp3) is 1.00. The molecule has 0 atom stereocenters. The Labute approximate surface area is 76.3 Å². The Kier molecular flexibility index (Phi) is 6.65. The summed E-state index contributed by atoms with van der Waals surface area (Å²) < 4.78 is 16.1. The molecule has 0 fully saturated rings. The van der Waals surface area contributed by atoms with Gasteiger partial charge >= 0.3 is 8.56 Å². The summed E-state index contributed by atoms with van der Waals surface area (Å²) in [5.74, 6) is 0. The zero-order chi connectivity index (χ0) is 9.45. The first-order valence-electron chi connectivity index (χ1n) is 4.42. The Hall–Kier alpha value is 0.0969. The summed E-state index contributed by atoms with van der Waals surface area (Å²) in [6, 6.07) is 1.90. The molecule has 4 heteroatoms. The summed E-state index contributed by atoms with van der Waals surface area (Å²) in [4.78, 5) is 0. The van der Waals surface area contributed by atoms with Crippen molar-refractivity contribution in [2.24, 2.45) is 0 Å².